The van der Waals surface area contributed by atoms with Crippen LogP contribution >= 0.6 is 11.3 Å². The van der Waals surface area contributed by atoms with Crippen LogP contribution in [0.2, 0.25) is 0 Å². The molecule has 1 N–H and O–H groups in total. The van der Waals surface area contributed by atoms with Crippen LogP contribution in [0, 0.1) is 6.92 Å². The highest BCUT2D eigenvalue weighted by molar-refractivity contribution is 7.09. The molecule has 0 spiro atoms. The van der Waals surface area contributed by atoms with Gasteiger partial charge in [-0.15, -0.1) is 11.3 Å². The molecule has 0 fully saturated rings. The van der Waals surface area contributed by atoms with Crippen LogP contribution in [0.5, 0.6) is 11.5 Å². The van der Waals surface area contributed by atoms with E-state index in [4.69, 9.17) is 13.9 Å². The van der Waals surface area contributed by atoms with Gasteiger partial charge in [-0.25, -0.2) is 9.97 Å². The van der Waals surface area contributed by atoms with Gasteiger partial charge in [0.2, 0.25) is 0 Å². The lowest BCUT2D eigenvalue weighted by Gasteiger charge is -2.18. The number of rotatable bonds is 4. The number of ether oxygens (including phenoxy) is 2. The molecule has 0 unspecified atom stereocenters. The van der Waals surface area contributed by atoms with Crippen LogP contribution in [-0.4, -0.2) is 29.1 Å². The van der Waals surface area contributed by atoms with E-state index < -0.39 is 0 Å². The monoisotopic (exact) mass is 419 g/mol. The molecule has 0 radical (unpaired) electrons. The van der Waals surface area contributed by atoms with Crippen molar-refractivity contribution in [2.45, 2.75) is 6.92 Å². The largest absolute Gasteiger partial charge is 0.486 e. The average Bonchev–Trinajstić information content (AvgIpc) is 3.43. The Morgan fingerprint density at radius 3 is 2.73 bits per heavy atom. The van der Waals surface area contributed by atoms with E-state index in [1.54, 1.807) is 12.1 Å². The maximum atomic E-state index is 12.6. The minimum absolute atomic E-state index is 0.302. The lowest BCUT2D eigenvalue weighted by molar-refractivity contribution is 0.102. The summed E-state index contributed by atoms with van der Waals surface area (Å²) >= 11 is 1.53. The summed E-state index contributed by atoms with van der Waals surface area (Å²) in [6.45, 7) is 2.99. The SMILES string of the molecule is Cc1nc(-c2cc(C(=O)Nc3cccc(-c4ccc5c(c4)OCCO5)n3)co2)cs1. The fourth-order valence-electron chi connectivity index (χ4n) is 3.12. The fraction of sp³-hybridized carbons (Fsp3) is 0.136. The summed E-state index contributed by atoms with van der Waals surface area (Å²) in [4.78, 5) is 21.6. The predicted octanol–water partition coefficient (Wildman–Crippen LogP) is 4.80. The number of benzene rings is 1. The third kappa shape index (κ3) is 3.65. The lowest BCUT2D eigenvalue weighted by Crippen LogP contribution is -2.15. The van der Waals surface area contributed by atoms with Crippen molar-refractivity contribution in [1.29, 1.82) is 0 Å². The van der Waals surface area contributed by atoms with Crippen molar-refractivity contribution >= 4 is 23.1 Å². The fourth-order valence-corrected chi connectivity index (χ4v) is 3.72. The quantitative estimate of drug-likeness (QED) is 0.511. The van der Waals surface area contributed by atoms with Crippen LogP contribution < -0.4 is 14.8 Å². The number of carbonyl (C=O) groups excluding carboxylic acids is 1. The first-order valence-electron chi connectivity index (χ1n) is 9.35. The third-order valence-electron chi connectivity index (χ3n) is 4.56. The summed E-state index contributed by atoms with van der Waals surface area (Å²) in [6.07, 6.45) is 1.42. The van der Waals surface area contributed by atoms with Crippen molar-refractivity contribution in [3.63, 3.8) is 0 Å². The summed E-state index contributed by atoms with van der Waals surface area (Å²) in [6, 6.07) is 12.8. The predicted molar refractivity (Wildman–Crippen MR) is 113 cm³/mol. The van der Waals surface area contributed by atoms with E-state index in [-0.39, 0.29) is 5.91 Å². The molecule has 0 saturated carbocycles. The van der Waals surface area contributed by atoms with Gasteiger partial charge in [-0.2, -0.15) is 0 Å². The molecule has 4 heterocycles. The van der Waals surface area contributed by atoms with Gasteiger partial charge in [0.1, 0.15) is 31.0 Å². The molecule has 1 aliphatic rings. The highest BCUT2D eigenvalue weighted by atomic mass is 32.1. The second kappa shape index (κ2) is 7.64. The zero-order valence-corrected chi connectivity index (χ0v) is 16.9. The number of nitrogens with zero attached hydrogens (tertiary/aromatic N) is 2. The van der Waals surface area contributed by atoms with Gasteiger partial charge in [0.15, 0.2) is 17.3 Å². The first kappa shape index (κ1) is 18.4. The summed E-state index contributed by atoms with van der Waals surface area (Å²) in [7, 11) is 0. The maximum Gasteiger partial charge on any atom is 0.260 e. The van der Waals surface area contributed by atoms with E-state index in [1.807, 2.05) is 42.6 Å². The van der Waals surface area contributed by atoms with Gasteiger partial charge in [-0.1, -0.05) is 6.07 Å². The molecule has 1 amide bonds. The summed E-state index contributed by atoms with van der Waals surface area (Å²) in [5.41, 5.74) is 2.72. The lowest BCUT2D eigenvalue weighted by atomic mass is 10.1. The highest BCUT2D eigenvalue weighted by Crippen LogP contribution is 2.34. The number of aryl methyl sites for hydroxylation is 1. The Balaban J connectivity index is 1.35. The van der Waals surface area contributed by atoms with Crippen LogP contribution in [0.15, 0.2) is 58.5 Å². The number of hydrogen-bond acceptors (Lipinski definition) is 7. The van der Waals surface area contributed by atoms with Crippen LogP contribution in [0.25, 0.3) is 22.7 Å². The Bertz CT molecular complexity index is 1230. The Hall–Kier alpha value is -3.65. The molecule has 150 valence electrons. The van der Waals surface area contributed by atoms with Gasteiger partial charge in [-0.3, -0.25) is 4.79 Å². The van der Waals surface area contributed by atoms with Gasteiger partial charge in [-0.05, 0) is 43.3 Å². The van der Waals surface area contributed by atoms with Gasteiger partial charge in [0.25, 0.3) is 5.91 Å². The molecule has 1 aliphatic heterocycles. The zero-order valence-electron chi connectivity index (χ0n) is 16.0. The number of aromatic nitrogens is 2. The molecule has 30 heavy (non-hydrogen) atoms. The number of thiazole rings is 1. The smallest absolute Gasteiger partial charge is 0.260 e. The molecule has 0 atom stereocenters. The average molecular weight is 419 g/mol. The molecule has 3 aromatic heterocycles. The molecule has 5 rings (SSSR count). The van der Waals surface area contributed by atoms with Crippen molar-refractivity contribution in [1.82, 2.24) is 9.97 Å². The van der Waals surface area contributed by atoms with Crippen molar-refractivity contribution < 1.29 is 18.7 Å². The van der Waals surface area contributed by atoms with Crippen molar-refractivity contribution in [3.05, 3.63) is 64.7 Å². The number of amides is 1. The summed E-state index contributed by atoms with van der Waals surface area (Å²) in [5, 5.41) is 5.65. The topological polar surface area (TPSA) is 86.5 Å². The number of furan rings is 1. The maximum absolute atomic E-state index is 12.6. The Morgan fingerprint density at radius 1 is 1.03 bits per heavy atom. The Kier molecular flexibility index (Phi) is 4.68. The van der Waals surface area contributed by atoms with Gasteiger partial charge in [0.05, 0.1) is 16.3 Å². The van der Waals surface area contributed by atoms with Gasteiger partial charge >= 0.3 is 0 Å². The molecular formula is C22H17N3O4S. The molecule has 0 bridgehead atoms. The molecule has 8 heteroatoms. The standard InChI is InChI=1S/C22H17N3O4S/c1-13-23-17(12-30-13)19-10-15(11-29-19)22(26)25-21-4-2-3-16(24-21)14-5-6-18-20(9-14)28-8-7-27-18/h2-6,9-12H,7-8H2,1H3,(H,24,25,26). The third-order valence-corrected chi connectivity index (χ3v) is 5.34. The van der Waals surface area contributed by atoms with Crippen LogP contribution in [-0.2, 0) is 0 Å². The number of fused-ring (bicyclic) bond motifs is 1. The van der Waals surface area contributed by atoms with E-state index in [0.717, 1.165) is 27.7 Å². The van der Waals surface area contributed by atoms with E-state index in [1.165, 1.54) is 17.6 Å². The van der Waals surface area contributed by atoms with Crippen LogP contribution in [0.3, 0.4) is 0 Å². The Morgan fingerprint density at radius 2 is 1.90 bits per heavy atom. The highest BCUT2D eigenvalue weighted by Gasteiger charge is 2.15. The summed E-state index contributed by atoms with van der Waals surface area (Å²) < 4.78 is 16.7. The van der Waals surface area contributed by atoms with Gasteiger partial charge in [0, 0.05) is 10.9 Å². The number of anilines is 1. The van der Waals surface area contributed by atoms with Crippen molar-refractivity contribution in [3.8, 4) is 34.2 Å². The summed E-state index contributed by atoms with van der Waals surface area (Å²) in [5.74, 6) is 2.12. The molecular weight excluding hydrogens is 402 g/mol. The number of carbonyl (C=O) groups is 1. The van der Waals surface area contributed by atoms with E-state index >= 15 is 0 Å². The molecule has 0 saturated heterocycles. The first-order valence-corrected chi connectivity index (χ1v) is 10.2. The molecule has 4 aromatic rings. The second-order valence-corrected chi connectivity index (χ2v) is 7.73. The first-order chi connectivity index (χ1) is 14.7. The van der Waals surface area contributed by atoms with Crippen LogP contribution in [0.1, 0.15) is 15.4 Å². The zero-order chi connectivity index (χ0) is 20.5. The van der Waals surface area contributed by atoms with Crippen molar-refractivity contribution in [2.75, 3.05) is 18.5 Å². The minimum Gasteiger partial charge on any atom is -0.486 e. The molecule has 7 nitrogen and oxygen atoms in total. The molecule has 0 aliphatic carbocycles. The van der Waals surface area contributed by atoms with Gasteiger partial charge < -0.3 is 19.2 Å². The van der Waals surface area contributed by atoms with Crippen LogP contribution in [0.4, 0.5) is 5.82 Å². The number of nitrogens with one attached hydrogen (secondary N) is 1. The number of pyridine rings is 1. The number of hydrogen-bond donors (Lipinski definition) is 1. The normalized spacial score (nSPS) is 12.6. The van der Waals surface area contributed by atoms with E-state index in [2.05, 4.69) is 15.3 Å². The Labute approximate surface area is 176 Å². The van der Waals surface area contributed by atoms with Crippen molar-refractivity contribution in [2.24, 2.45) is 0 Å². The van der Waals surface area contributed by atoms with E-state index in [9.17, 15) is 4.79 Å². The van der Waals surface area contributed by atoms with E-state index in [0.29, 0.717) is 36.1 Å². The second-order valence-electron chi connectivity index (χ2n) is 6.67. The molecule has 1 aromatic carbocycles. The minimum atomic E-state index is -0.302.